The minimum absolute atomic E-state index is 0.0434. The quantitative estimate of drug-likeness (QED) is 0.866. The molecular weight excluding hydrogens is 292 g/mol. The maximum Gasteiger partial charge on any atom is 0.207 e. The number of benzene rings is 1. The summed E-state index contributed by atoms with van der Waals surface area (Å²) in [7, 11) is -3.57. The molecule has 0 aromatic heterocycles. The molecule has 0 bridgehead atoms. The molecule has 16 heavy (non-hydrogen) atoms. The molecule has 0 amide bonds. The van der Waals surface area contributed by atoms with Gasteiger partial charge in [0.25, 0.3) is 0 Å². The van der Waals surface area contributed by atoms with Crippen molar-refractivity contribution >= 4 is 31.8 Å². The second kappa shape index (κ2) is 3.42. The summed E-state index contributed by atoms with van der Waals surface area (Å²) in [5.41, 5.74) is -0.747. The van der Waals surface area contributed by atoms with E-state index < -0.39 is 15.4 Å². The lowest BCUT2D eigenvalue weighted by Gasteiger charge is -2.18. The van der Waals surface area contributed by atoms with Gasteiger partial charge in [-0.05, 0) is 47.5 Å². The van der Waals surface area contributed by atoms with Crippen molar-refractivity contribution in [2.75, 3.05) is 0 Å². The Morgan fingerprint density at radius 3 is 2.44 bits per heavy atom. The van der Waals surface area contributed by atoms with Crippen LogP contribution in [0.2, 0.25) is 0 Å². The van der Waals surface area contributed by atoms with E-state index in [1.54, 1.807) is 18.2 Å². The van der Waals surface area contributed by atoms with E-state index in [1.807, 2.05) is 0 Å². The topological polar surface area (TPSA) is 54.4 Å². The molecule has 1 aliphatic rings. The molecular formula is C11H11BrO3S. The van der Waals surface area contributed by atoms with Crippen molar-refractivity contribution in [3.05, 3.63) is 33.1 Å². The van der Waals surface area contributed by atoms with Gasteiger partial charge < -0.3 is 5.11 Å². The van der Waals surface area contributed by atoms with E-state index in [0.29, 0.717) is 10.0 Å². The smallest absolute Gasteiger partial charge is 0.207 e. The first-order valence-corrected chi connectivity index (χ1v) is 7.00. The molecule has 0 spiro atoms. The third kappa shape index (κ3) is 1.63. The highest BCUT2D eigenvalue weighted by Gasteiger charge is 2.39. The lowest BCUT2D eigenvalue weighted by molar-refractivity contribution is 0.129. The van der Waals surface area contributed by atoms with Gasteiger partial charge in [-0.2, -0.15) is 0 Å². The number of fused-ring (bicyclic) bond motifs is 1. The van der Waals surface area contributed by atoms with Gasteiger partial charge in [0, 0.05) is 4.47 Å². The van der Waals surface area contributed by atoms with Crippen LogP contribution in [0, 0.1) is 0 Å². The van der Waals surface area contributed by atoms with E-state index >= 15 is 0 Å². The second-order valence-electron chi connectivity index (χ2n) is 4.23. The Morgan fingerprint density at radius 1 is 1.31 bits per heavy atom. The zero-order chi connectivity index (χ0) is 12.1. The van der Waals surface area contributed by atoms with Crippen LogP contribution in [-0.4, -0.2) is 19.1 Å². The van der Waals surface area contributed by atoms with Gasteiger partial charge in [-0.15, -0.1) is 0 Å². The van der Waals surface area contributed by atoms with Crippen molar-refractivity contribution in [3.8, 4) is 0 Å². The molecule has 0 unspecified atom stereocenters. The molecule has 2 rings (SSSR count). The number of hydrogen-bond donors (Lipinski definition) is 1. The maximum absolute atomic E-state index is 12.2. The lowest BCUT2D eigenvalue weighted by atomic mass is 10.1. The zero-order valence-electron chi connectivity index (χ0n) is 8.86. The summed E-state index contributed by atoms with van der Waals surface area (Å²) in [5.74, 6) is 0. The SMILES string of the molecule is CC(C)(O)C1=Cc2cccc(Br)c2S1(=O)=O. The van der Waals surface area contributed by atoms with Crippen molar-refractivity contribution in [1.82, 2.24) is 0 Å². The van der Waals surface area contributed by atoms with Crippen molar-refractivity contribution in [2.45, 2.75) is 24.3 Å². The second-order valence-corrected chi connectivity index (χ2v) is 6.94. The fourth-order valence-corrected chi connectivity index (χ4v) is 4.70. The number of hydrogen-bond acceptors (Lipinski definition) is 3. The number of rotatable bonds is 1. The van der Waals surface area contributed by atoms with Crippen LogP contribution in [0.25, 0.3) is 6.08 Å². The summed E-state index contributed by atoms with van der Waals surface area (Å²) in [4.78, 5) is 0.286. The van der Waals surface area contributed by atoms with E-state index in [2.05, 4.69) is 15.9 Å². The summed E-state index contributed by atoms with van der Waals surface area (Å²) >= 11 is 3.22. The molecule has 1 heterocycles. The Balaban J connectivity index is 2.76. The van der Waals surface area contributed by atoms with Gasteiger partial charge in [-0.25, -0.2) is 8.42 Å². The van der Waals surface area contributed by atoms with E-state index in [9.17, 15) is 13.5 Å². The summed E-state index contributed by atoms with van der Waals surface area (Å²) in [5, 5.41) is 9.85. The first kappa shape index (κ1) is 11.8. The Morgan fingerprint density at radius 2 is 1.94 bits per heavy atom. The summed E-state index contributed by atoms with van der Waals surface area (Å²) < 4.78 is 24.9. The van der Waals surface area contributed by atoms with Gasteiger partial charge >= 0.3 is 0 Å². The highest BCUT2D eigenvalue weighted by Crippen LogP contribution is 2.41. The van der Waals surface area contributed by atoms with Gasteiger partial charge in [-0.3, -0.25) is 0 Å². The highest BCUT2D eigenvalue weighted by molar-refractivity contribution is 9.10. The Kier molecular flexibility index (Phi) is 2.53. The summed E-state index contributed by atoms with van der Waals surface area (Å²) in [6.07, 6.45) is 1.52. The minimum atomic E-state index is -3.57. The van der Waals surface area contributed by atoms with Gasteiger partial charge in [0.05, 0.1) is 15.4 Å². The normalized spacial score (nSPS) is 18.1. The highest BCUT2D eigenvalue weighted by atomic mass is 79.9. The molecule has 0 aliphatic carbocycles. The van der Waals surface area contributed by atoms with Crippen LogP contribution in [-0.2, 0) is 9.84 Å². The molecule has 5 heteroatoms. The van der Waals surface area contributed by atoms with Gasteiger partial charge in [0.1, 0.15) is 0 Å². The number of halogens is 1. The summed E-state index contributed by atoms with van der Waals surface area (Å²) in [6.45, 7) is 2.94. The molecule has 0 fully saturated rings. The van der Waals surface area contributed by atoms with E-state index in [1.165, 1.54) is 19.9 Å². The first-order chi connectivity index (χ1) is 7.24. The van der Waals surface area contributed by atoms with Crippen LogP contribution >= 0.6 is 15.9 Å². The summed E-state index contributed by atoms with van der Waals surface area (Å²) in [6, 6.07) is 5.16. The van der Waals surface area contributed by atoms with E-state index in [-0.39, 0.29) is 9.80 Å². The van der Waals surface area contributed by atoms with E-state index in [0.717, 1.165) is 0 Å². The molecule has 1 aliphatic heterocycles. The van der Waals surface area contributed by atoms with Crippen molar-refractivity contribution in [2.24, 2.45) is 0 Å². The average molecular weight is 303 g/mol. The third-order valence-electron chi connectivity index (χ3n) is 2.45. The Bertz CT molecular complexity index is 580. The third-order valence-corrected chi connectivity index (χ3v) is 5.56. The zero-order valence-corrected chi connectivity index (χ0v) is 11.3. The van der Waals surface area contributed by atoms with Gasteiger partial charge in [0.15, 0.2) is 0 Å². The van der Waals surface area contributed by atoms with Crippen molar-refractivity contribution in [3.63, 3.8) is 0 Å². The fourth-order valence-electron chi connectivity index (χ4n) is 1.76. The minimum Gasteiger partial charge on any atom is -0.385 e. The lowest BCUT2D eigenvalue weighted by Crippen LogP contribution is -2.25. The van der Waals surface area contributed by atoms with Gasteiger partial charge in [-0.1, -0.05) is 12.1 Å². The van der Waals surface area contributed by atoms with Crippen LogP contribution < -0.4 is 0 Å². The Labute approximate surface area is 103 Å². The Hall–Kier alpha value is -0.650. The van der Waals surface area contributed by atoms with Crippen LogP contribution in [0.1, 0.15) is 19.4 Å². The predicted octanol–water partition coefficient (Wildman–Crippen LogP) is 2.35. The number of sulfone groups is 1. The molecule has 0 atom stereocenters. The van der Waals surface area contributed by atoms with Crippen LogP contribution in [0.5, 0.6) is 0 Å². The standard InChI is InChI=1S/C11H11BrO3S/c1-11(2,13)9-6-7-4-3-5-8(12)10(7)16(9,14)15/h3-6,13H,1-2H3. The molecule has 0 radical (unpaired) electrons. The maximum atomic E-state index is 12.2. The molecule has 3 nitrogen and oxygen atoms in total. The molecule has 86 valence electrons. The van der Waals surface area contributed by atoms with E-state index in [4.69, 9.17) is 0 Å². The average Bonchev–Trinajstić information content (AvgIpc) is 2.38. The van der Waals surface area contributed by atoms with Crippen LogP contribution in [0.3, 0.4) is 0 Å². The molecule has 1 aromatic carbocycles. The van der Waals surface area contributed by atoms with Crippen molar-refractivity contribution < 1.29 is 13.5 Å². The van der Waals surface area contributed by atoms with Crippen molar-refractivity contribution in [1.29, 1.82) is 0 Å². The fraction of sp³-hybridized carbons (Fsp3) is 0.273. The molecule has 1 aromatic rings. The van der Waals surface area contributed by atoms with Crippen LogP contribution in [0.4, 0.5) is 0 Å². The molecule has 1 N–H and O–H groups in total. The molecule has 0 saturated carbocycles. The number of aliphatic hydroxyl groups is 1. The molecule has 0 saturated heterocycles. The largest absolute Gasteiger partial charge is 0.385 e. The van der Waals surface area contributed by atoms with Gasteiger partial charge in [0.2, 0.25) is 9.84 Å². The monoisotopic (exact) mass is 302 g/mol. The predicted molar refractivity (Wildman–Crippen MR) is 65.6 cm³/mol. The first-order valence-electron chi connectivity index (χ1n) is 4.73. The van der Waals surface area contributed by atoms with Crippen LogP contribution in [0.15, 0.2) is 32.5 Å².